The molecule has 1 aromatic carbocycles. The first-order valence-electron chi connectivity index (χ1n) is 4.85. The average Bonchev–Trinajstić information content (AvgIpc) is 2.25. The maximum absolute atomic E-state index is 4.03. The summed E-state index contributed by atoms with van der Waals surface area (Å²) in [5.41, 5.74) is 5.03. The molecule has 0 saturated carbocycles. The second-order valence-electron chi connectivity index (χ2n) is 3.65. The third-order valence-corrected chi connectivity index (χ3v) is 3.35. The molecular weight excluding hydrogens is 250 g/mol. The Morgan fingerprint density at radius 3 is 2.33 bits per heavy atom. The Balaban J connectivity index is 2.59. The van der Waals surface area contributed by atoms with E-state index in [4.69, 9.17) is 0 Å². The van der Waals surface area contributed by atoms with Crippen molar-refractivity contribution in [1.82, 2.24) is 4.98 Å². The fourth-order valence-corrected chi connectivity index (χ4v) is 2.08. The van der Waals surface area contributed by atoms with Crippen molar-refractivity contribution < 1.29 is 0 Å². The Hall–Kier alpha value is -1.15. The van der Waals surface area contributed by atoms with E-state index in [2.05, 4.69) is 46.9 Å². The Bertz CT molecular complexity index is 477. The van der Waals surface area contributed by atoms with E-state index >= 15 is 0 Å². The average molecular weight is 262 g/mol. The molecule has 15 heavy (non-hydrogen) atoms. The van der Waals surface area contributed by atoms with E-state index in [9.17, 15) is 0 Å². The number of hydrogen-bond donors (Lipinski definition) is 0. The van der Waals surface area contributed by atoms with Gasteiger partial charge in [-0.1, -0.05) is 22.0 Å². The molecule has 0 amide bonds. The molecule has 76 valence electrons. The molecular formula is C13H12BrN. The summed E-state index contributed by atoms with van der Waals surface area (Å²) < 4.78 is 1.16. The lowest BCUT2D eigenvalue weighted by molar-refractivity contribution is 1.31. The third-order valence-electron chi connectivity index (χ3n) is 2.50. The summed E-state index contributed by atoms with van der Waals surface area (Å²) in [5, 5.41) is 0. The van der Waals surface area contributed by atoms with Gasteiger partial charge in [0.15, 0.2) is 0 Å². The van der Waals surface area contributed by atoms with Crippen molar-refractivity contribution in [2.24, 2.45) is 0 Å². The molecule has 2 aromatic rings. The van der Waals surface area contributed by atoms with Gasteiger partial charge in [0.1, 0.15) is 0 Å². The summed E-state index contributed by atoms with van der Waals surface area (Å²) in [6, 6.07) is 8.44. The number of benzene rings is 1. The summed E-state index contributed by atoms with van der Waals surface area (Å²) in [6.45, 7) is 4.23. The minimum absolute atomic E-state index is 1.16. The first kappa shape index (κ1) is 10.4. The lowest BCUT2D eigenvalue weighted by Gasteiger charge is -2.08. The van der Waals surface area contributed by atoms with Crippen LogP contribution < -0.4 is 0 Å². The summed E-state index contributed by atoms with van der Waals surface area (Å²) in [6.07, 6.45) is 3.65. The lowest BCUT2D eigenvalue weighted by Crippen LogP contribution is -1.86. The highest BCUT2D eigenvalue weighted by Gasteiger charge is 2.04. The minimum atomic E-state index is 1.16. The monoisotopic (exact) mass is 261 g/mol. The number of aromatic nitrogens is 1. The molecule has 1 aromatic heterocycles. The largest absolute Gasteiger partial charge is 0.265 e. The molecule has 1 nitrogen and oxygen atoms in total. The predicted octanol–water partition coefficient (Wildman–Crippen LogP) is 4.13. The number of pyridine rings is 1. The first-order chi connectivity index (χ1) is 7.18. The molecule has 2 rings (SSSR count). The highest BCUT2D eigenvalue weighted by molar-refractivity contribution is 9.10. The van der Waals surface area contributed by atoms with Gasteiger partial charge in [0.05, 0.1) is 0 Å². The molecule has 0 fully saturated rings. The van der Waals surface area contributed by atoms with Gasteiger partial charge in [-0.2, -0.15) is 0 Å². The lowest BCUT2D eigenvalue weighted by atomic mass is 9.99. The van der Waals surface area contributed by atoms with Crippen LogP contribution in [0.5, 0.6) is 0 Å². The molecule has 0 atom stereocenters. The van der Waals surface area contributed by atoms with Gasteiger partial charge in [-0.25, -0.2) is 0 Å². The zero-order valence-electron chi connectivity index (χ0n) is 8.79. The molecule has 1 heterocycles. The maximum atomic E-state index is 4.03. The van der Waals surface area contributed by atoms with E-state index in [0.717, 1.165) is 4.47 Å². The van der Waals surface area contributed by atoms with Gasteiger partial charge in [-0.3, -0.25) is 4.98 Å². The molecule has 0 saturated heterocycles. The van der Waals surface area contributed by atoms with Crippen LogP contribution in [0.3, 0.4) is 0 Å². The van der Waals surface area contributed by atoms with Crippen LogP contribution in [0.25, 0.3) is 11.1 Å². The highest BCUT2D eigenvalue weighted by Crippen LogP contribution is 2.28. The van der Waals surface area contributed by atoms with E-state index in [1.54, 1.807) is 0 Å². The smallest absolute Gasteiger partial charge is 0.0273 e. The highest BCUT2D eigenvalue weighted by atomic mass is 79.9. The minimum Gasteiger partial charge on any atom is -0.265 e. The molecule has 0 unspecified atom stereocenters. The maximum Gasteiger partial charge on any atom is 0.0273 e. The van der Waals surface area contributed by atoms with Gasteiger partial charge in [0.25, 0.3) is 0 Å². The van der Waals surface area contributed by atoms with E-state index in [0.29, 0.717) is 0 Å². The van der Waals surface area contributed by atoms with Gasteiger partial charge in [0.2, 0.25) is 0 Å². The van der Waals surface area contributed by atoms with Crippen LogP contribution in [-0.4, -0.2) is 4.98 Å². The SMILES string of the molecule is Cc1cc(-c2ccncc2)c(C)cc1Br. The van der Waals surface area contributed by atoms with Crippen molar-refractivity contribution in [1.29, 1.82) is 0 Å². The van der Waals surface area contributed by atoms with Gasteiger partial charge < -0.3 is 0 Å². The molecule has 0 N–H and O–H groups in total. The van der Waals surface area contributed by atoms with Gasteiger partial charge in [-0.15, -0.1) is 0 Å². The molecule has 0 spiro atoms. The topological polar surface area (TPSA) is 12.9 Å². The summed E-state index contributed by atoms with van der Waals surface area (Å²) in [7, 11) is 0. The van der Waals surface area contributed by atoms with Crippen molar-refractivity contribution in [3.05, 3.63) is 52.3 Å². The zero-order valence-corrected chi connectivity index (χ0v) is 10.4. The van der Waals surface area contributed by atoms with Gasteiger partial charge in [0, 0.05) is 16.9 Å². The fraction of sp³-hybridized carbons (Fsp3) is 0.154. The van der Waals surface area contributed by atoms with Crippen LogP contribution in [0.4, 0.5) is 0 Å². The number of halogens is 1. The molecule has 2 heteroatoms. The van der Waals surface area contributed by atoms with Crippen LogP contribution in [0.15, 0.2) is 41.1 Å². The number of rotatable bonds is 1. The van der Waals surface area contributed by atoms with Crippen molar-refractivity contribution >= 4 is 15.9 Å². The van der Waals surface area contributed by atoms with Crippen LogP contribution >= 0.6 is 15.9 Å². The summed E-state index contributed by atoms with van der Waals surface area (Å²) in [5.74, 6) is 0. The van der Waals surface area contributed by atoms with Crippen molar-refractivity contribution in [3.63, 3.8) is 0 Å². The van der Waals surface area contributed by atoms with Crippen LogP contribution in [0, 0.1) is 13.8 Å². The predicted molar refractivity (Wildman–Crippen MR) is 66.8 cm³/mol. The fourth-order valence-electron chi connectivity index (χ4n) is 1.62. The van der Waals surface area contributed by atoms with Crippen LogP contribution in [-0.2, 0) is 0 Å². The van der Waals surface area contributed by atoms with Crippen molar-refractivity contribution in [2.75, 3.05) is 0 Å². The number of hydrogen-bond acceptors (Lipinski definition) is 1. The van der Waals surface area contributed by atoms with Gasteiger partial charge in [-0.05, 0) is 54.3 Å². The molecule has 0 bridgehead atoms. The van der Waals surface area contributed by atoms with Crippen LogP contribution in [0.1, 0.15) is 11.1 Å². The molecule has 0 aliphatic carbocycles. The zero-order chi connectivity index (χ0) is 10.8. The Morgan fingerprint density at radius 2 is 1.67 bits per heavy atom. The Kier molecular flexibility index (Phi) is 2.87. The summed E-state index contributed by atoms with van der Waals surface area (Å²) >= 11 is 3.54. The quantitative estimate of drug-likeness (QED) is 0.753. The Morgan fingerprint density at radius 1 is 1.00 bits per heavy atom. The van der Waals surface area contributed by atoms with E-state index < -0.39 is 0 Å². The normalized spacial score (nSPS) is 10.3. The van der Waals surface area contributed by atoms with Crippen molar-refractivity contribution in [3.8, 4) is 11.1 Å². The standard InChI is InChI=1S/C13H12BrN/c1-9-8-13(14)10(2)7-12(9)11-3-5-15-6-4-11/h3-8H,1-2H3. The van der Waals surface area contributed by atoms with E-state index in [-0.39, 0.29) is 0 Å². The van der Waals surface area contributed by atoms with Crippen molar-refractivity contribution in [2.45, 2.75) is 13.8 Å². The second kappa shape index (κ2) is 4.15. The molecule has 0 aliphatic heterocycles. The Labute approximate surface area is 98.3 Å². The van der Waals surface area contributed by atoms with E-state index in [1.807, 2.05) is 24.5 Å². The number of aryl methyl sites for hydroxylation is 2. The van der Waals surface area contributed by atoms with Gasteiger partial charge >= 0.3 is 0 Å². The van der Waals surface area contributed by atoms with Crippen LogP contribution in [0.2, 0.25) is 0 Å². The molecule has 0 radical (unpaired) electrons. The second-order valence-corrected chi connectivity index (χ2v) is 4.51. The third kappa shape index (κ3) is 2.10. The summed E-state index contributed by atoms with van der Waals surface area (Å²) in [4.78, 5) is 4.03. The first-order valence-corrected chi connectivity index (χ1v) is 5.65. The van der Waals surface area contributed by atoms with E-state index in [1.165, 1.54) is 22.3 Å². The molecule has 0 aliphatic rings. The number of nitrogens with zero attached hydrogens (tertiary/aromatic N) is 1.